The molecule has 0 fully saturated rings. The third-order valence-electron chi connectivity index (χ3n) is 3.44. The number of thiazole rings is 1. The summed E-state index contributed by atoms with van der Waals surface area (Å²) in [6, 6.07) is 9.63. The topological polar surface area (TPSA) is 64.4 Å². The van der Waals surface area contributed by atoms with Crippen LogP contribution >= 0.6 is 11.3 Å². The van der Waals surface area contributed by atoms with Crippen LogP contribution in [-0.4, -0.2) is 23.7 Å². The first-order valence-electron chi connectivity index (χ1n) is 7.92. The molecule has 0 unspecified atom stereocenters. The average Bonchev–Trinajstić information content (AvgIpc) is 3.30. The lowest BCUT2D eigenvalue weighted by Gasteiger charge is -2.10. The van der Waals surface area contributed by atoms with Gasteiger partial charge < -0.3 is 14.5 Å². The first-order valence-corrected chi connectivity index (χ1v) is 8.80. The second-order valence-electron chi connectivity index (χ2n) is 5.62. The molecule has 3 rings (SSSR count). The molecule has 0 bridgehead atoms. The number of nitrogens with one attached hydrogen (secondary N) is 1. The molecular formula is C18H15F3N2O3S. The number of hydrogen-bond donors (Lipinski definition) is 1. The summed E-state index contributed by atoms with van der Waals surface area (Å²) >= 11 is 1.39. The molecule has 2 heterocycles. The molecule has 1 aromatic carbocycles. The van der Waals surface area contributed by atoms with E-state index in [-0.39, 0.29) is 24.6 Å². The Bertz CT molecular complexity index is 874. The van der Waals surface area contributed by atoms with Crippen LogP contribution in [0.25, 0.3) is 10.8 Å². The number of ether oxygens (including phenoxy) is 1. The number of nitrogens with zero attached hydrogens (tertiary/aromatic N) is 1. The molecule has 3 aromatic rings. The van der Waals surface area contributed by atoms with Crippen LogP contribution in [0, 0.1) is 0 Å². The van der Waals surface area contributed by atoms with E-state index in [4.69, 9.17) is 4.42 Å². The van der Waals surface area contributed by atoms with Crippen LogP contribution in [0.5, 0.6) is 5.75 Å². The van der Waals surface area contributed by atoms with Crippen LogP contribution in [0.1, 0.15) is 11.3 Å². The third kappa shape index (κ3) is 5.85. The fraction of sp³-hybridized carbons (Fsp3) is 0.222. The Morgan fingerprint density at radius 3 is 2.67 bits per heavy atom. The highest BCUT2D eigenvalue weighted by Gasteiger charge is 2.28. The van der Waals surface area contributed by atoms with E-state index in [0.29, 0.717) is 16.5 Å². The van der Waals surface area contributed by atoms with Crippen molar-refractivity contribution >= 4 is 17.2 Å². The maximum absolute atomic E-state index is 12.1. The Balaban J connectivity index is 1.46. The Morgan fingerprint density at radius 1 is 1.22 bits per heavy atom. The lowest BCUT2D eigenvalue weighted by molar-refractivity contribution is -0.153. The molecule has 0 radical (unpaired) electrons. The Morgan fingerprint density at radius 2 is 2.00 bits per heavy atom. The van der Waals surface area contributed by atoms with Gasteiger partial charge in [0.2, 0.25) is 5.91 Å². The van der Waals surface area contributed by atoms with Crippen LogP contribution in [-0.2, 0) is 17.8 Å². The number of carbonyl (C=O) groups is 1. The van der Waals surface area contributed by atoms with Crippen LogP contribution in [0.2, 0.25) is 0 Å². The number of amides is 1. The molecule has 0 saturated carbocycles. The standard InChI is InChI=1S/C18H15F3N2O3S/c19-18(20,21)11-26-14-5-3-12(4-6-14)9-22-16(24)8-13-10-27-17(23-13)15-2-1-7-25-15/h1-7,10H,8-9,11H2,(H,22,24). The van der Waals surface area contributed by atoms with Crippen molar-refractivity contribution < 1.29 is 27.1 Å². The molecule has 1 N–H and O–H groups in total. The highest BCUT2D eigenvalue weighted by Crippen LogP contribution is 2.24. The second-order valence-corrected chi connectivity index (χ2v) is 6.48. The van der Waals surface area contributed by atoms with E-state index < -0.39 is 12.8 Å². The van der Waals surface area contributed by atoms with Gasteiger partial charge in [-0.3, -0.25) is 4.79 Å². The zero-order valence-corrected chi connectivity index (χ0v) is 14.8. The predicted octanol–water partition coefficient (Wildman–Crippen LogP) is 4.20. The summed E-state index contributed by atoms with van der Waals surface area (Å²) in [5.41, 5.74) is 1.39. The maximum Gasteiger partial charge on any atom is 0.422 e. The van der Waals surface area contributed by atoms with Crippen molar-refractivity contribution in [2.75, 3.05) is 6.61 Å². The summed E-state index contributed by atoms with van der Waals surface area (Å²) in [5, 5.41) is 5.25. The minimum Gasteiger partial charge on any atom is -0.484 e. The summed E-state index contributed by atoms with van der Waals surface area (Å²) in [4.78, 5) is 16.4. The molecule has 0 spiro atoms. The van der Waals surface area contributed by atoms with E-state index in [2.05, 4.69) is 15.0 Å². The zero-order valence-electron chi connectivity index (χ0n) is 14.0. The van der Waals surface area contributed by atoms with E-state index in [1.807, 2.05) is 0 Å². The lowest BCUT2D eigenvalue weighted by Crippen LogP contribution is -2.24. The van der Waals surface area contributed by atoms with Crippen molar-refractivity contribution in [2.24, 2.45) is 0 Å². The van der Waals surface area contributed by atoms with Crippen molar-refractivity contribution in [3.63, 3.8) is 0 Å². The van der Waals surface area contributed by atoms with Gasteiger partial charge in [0.15, 0.2) is 17.4 Å². The summed E-state index contributed by atoms with van der Waals surface area (Å²) in [5.74, 6) is 0.568. The summed E-state index contributed by atoms with van der Waals surface area (Å²) in [7, 11) is 0. The molecule has 0 aliphatic rings. The zero-order chi connectivity index (χ0) is 19.3. The molecule has 5 nitrogen and oxygen atoms in total. The SMILES string of the molecule is O=C(Cc1csc(-c2ccco2)n1)NCc1ccc(OCC(F)(F)F)cc1. The van der Waals surface area contributed by atoms with Crippen LogP contribution in [0.3, 0.4) is 0 Å². The molecule has 142 valence electrons. The van der Waals surface area contributed by atoms with Gasteiger partial charge in [-0.05, 0) is 29.8 Å². The fourth-order valence-electron chi connectivity index (χ4n) is 2.20. The minimum atomic E-state index is -4.38. The average molecular weight is 396 g/mol. The highest BCUT2D eigenvalue weighted by atomic mass is 32.1. The van der Waals surface area contributed by atoms with Crippen molar-refractivity contribution in [1.29, 1.82) is 0 Å². The van der Waals surface area contributed by atoms with Gasteiger partial charge in [0, 0.05) is 11.9 Å². The number of rotatable bonds is 7. The van der Waals surface area contributed by atoms with Gasteiger partial charge in [0.1, 0.15) is 5.75 Å². The number of halogens is 3. The molecule has 27 heavy (non-hydrogen) atoms. The van der Waals surface area contributed by atoms with Gasteiger partial charge in [-0.15, -0.1) is 11.3 Å². The third-order valence-corrected chi connectivity index (χ3v) is 4.35. The van der Waals surface area contributed by atoms with E-state index in [9.17, 15) is 18.0 Å². The second kappa shape index (κ2) is 8.26. The van der Waals surface area contributed by atoms with Gasteiger partial charge in [-0.1, -0.05) is 12.1 Å². The first-order chi connectivity index (χ1) is 12.9. The monoisotopic (exact) mass is 396 g/mol. The van der Waals surface area contributed by atoms with E-state index >= 15 is 0 Å². The van der Waals surface area contributed by atoms with Gasteiger partial charge >= 0.3 is 6.18 Å². The summed E-state index contributed by atoms with van der Waals surface area (Å²) in [6.45, 7) is -1.08. The number of benzene rings is 1. The van der Waals surface area contributed by atoms with Crippen molar-refractivity contribution in [3.05, 3.63) is 59.3 Å². The maximum atomic E-state index is 12.1. The first kappa shape index (κ1) is 19.0. The number of alkyl halides is 3. The number of carbonyl (C=O) groups excluding carboxylic acids is 1. The van der Waals surface area contributed by atoms with E-state index in [1.54, 1.807) is 35.9 Å². The Hall–Kier alpha value is -2.81. The molecule has 2 aromatic heterocycles. The van der Waals surface area contributed by atoms with Crippen molar-refractivity contribution in [3.8, 4) is 16.5 Å². The lowest BCUT2D eigenvalue weighted by atomic mass is 10.2. The van der Waals surface area contributed by atoms with Crippen LogP contribution in [0.15, 0.2) is 52.5 Å². The number of hydrogen-bond acceptors (Lipinski definition) is 5. The molecule has 9 heteroatoms. The van der Waals surface area contributed by atoms with Gasteiger partial charge in [-0.2, -0.15) is 13.2 Å². The predicted molar refractivity (Wildman–Crippen MR) is 93.4 cm³/mol. The Kier molecular flexibility index (Phi) is 5.80. The van der Waals surface area contributed by atoms with Crippen molar-refractivity contribution in [1.82, 2.24) is 10.3 Å². The van der Waals surface area contributed by atoms with Gasteiger partial charge in [-0.25, -0.2) is 4.98 Å². The molecular weight excluding hydrogens is 381 g/mol. The molecule has 0 atom stereocenters. The van der Waals surface area contributed by atoms with E-state index in [1.165, 1.54) is 23.5 Å². The molecule has 0 aliphatic carbocycles. The molecule has 1 amide bonds. The molecule has 0 saturated heterocycles. The largest absolute Gasteiger partial charge is 0.484 e. The number of aromatic nitrogens is 1. The Labute approximate surface area is 156 Å². The van der Waals surface area contributed by atoms with Gasteiger partial charge in [0.25, 0.3) is 0 Å². The van der Waals surface area contributed by atoms with E-state index in [0.717, 1.165) is 5.56 Å². The number of furan rings is 1. The van der Waals surface area contributed by atoms with Crippen LogP contribution in [0.4, 0.5) is 13.2 Å². The van der Waals surface area contributed by atoms with Crippen LogP contribution < -0.4 is 10.1 Å². The quantitative estimate of drug-likeness (QED) is 0.650. The van der Waals surface area contributed by atoms with Gasteiger partial charge in [0.05, 0.1) is 18.4 Å². The minimum absolute atomic E-state index is 0.121. The summed E-state index contributed by atoms with van der Waals surface area (Å²) < 4.78 is 46.2. The normalized spacial score (nSPS) is 11.4. The highest BCUT2D eigenvalue weighted by molar-refractivity contribution is 7.13. The van der Waals surface area contributed by atoms with Crippen molar-refractivity contribution in [2.45, 2.75) is 19.1 Å². The smallest absolute Gasteiger partial charge is 0.422 e. The fourth-order valence-corrected chi connectivity index (χ4v) is 2.98. The molecule has 0 aliphatic heterocycles. The summed E-state index contributed by atoms with van der Waals surface area (Å²) in [6.07, 6.45) is -2.69.